The summed E-state index contributed by atoms with van der Waals surface area (Å²) in [6.45, 7) is 3.57. The Morgan fingerprint density at radius 2 is 1.91 bits per heavy atom. The number of halogens is 3. The van der Waals surface area contributed by atoms with Crippen molar-refractivity contribution in [3.63, 3.8) is 0 Å². The van der Waals surface area contributed by atoms with Gasteiger partial charge >= 0.3 is 0 Å². The summed E-state index contributed by atoms with van der Waals surface area (Å²) in [5.41, 5.74) is 0.584. The minimum atomic E-state index is -0.546. The van der Waals surface area contributed by atoms with Crippen LogP contribution in [0.3, 0.4) is 0 Å². The van der Waals surface area contributed by atoms with E-state index in [0.717, 1.165) is 45.1 Å². The number of nitro benzene ring substituents is 1. The van der Waals surface area contributed by atoms with Gasteiger partial charge in [-0.05, 0) is 30.9 Å². The molecule has 0 amide bonds. The summed E-state index contributed by atoms with van der Waals surface area (Å²) in [6.07, 6.45) is 2.20. The fourth-order valence-corrected chi connectivity index (χ4v) is 3.05. The molecule has 2 fully saturated rings. The van der Waals surface area contributed by atoms with Gasteiger partial charge in [0.15, 0.2) is 0 Å². The van der Waals surface area contributed by atoms with Crippen LogP contribution in [-0.2, 0) is 0 Å². The number of benzene rings is 1. The van der Waals surface area contributed by atoms with E-state index in [1.807, 2.05) is 0 Å². The van der Waals surface area contributed by atoms with Crippen molar-refractivity contribution in [1.82, 2.24) is 10.2 Å². The summed E-state index contributed by atoms with van der Waals surface area (Å²) < 4.78 is 13.3. The van der Waals surface area contributed by atoms with E-state index < -0.39 is 10.7 Å². The minimum Gasteiger partial charge on any atom is -0.314 e. The maximum Gasteiger partial charge on any atom is 0.277 e. The van der Waals surface area contributed by atoms with Crippen LogP contribution in [0.5, 0.6) is 0 Å². The summed E-state index contributed by atoms with van der Waals surface area (Å²) >= 11 is 0. The van der Waals surface area contributed by atoms with Crippen LogP contribution >= 0.6 is 24.8 Å². The monoisotopic (exact) mass is 351 g/mol. The number of rotatable bonds is 4. The van der Waals surface area contributed by atoms with Crippen molar-refractivity contribution in [3.05, 3.63) is 39.7 Å². The second-order valence-electron chi connectivity index (χ2n) is 5.53. The van der Waals surface area contributed by atoms with Crippen LogP contribution in [0, 0.1) is 21.8 Å². The van der Waals surface area contributed by atoms with Gasteiger partial charge in [0.25, 0.3) is 5.69 Å². The average Bonchev–Trinajstić information content (AvgIpc) is 3.26. The molecule has 1 aliphatic heterocycles. The molecule has 1 aromatic carbocycles. The highest BCUT2D eigenvalue weighted by atomic mass is 35.5. The number of nitrogens with zero attached hydrogens (tertiary/aromatic N) is 2. The third-order valence-electron chi connectivity index (χ3n) is 4.12. The van der Waals surface area contributed by atoms with Crippen LogP contribution in [0.1, 0.15) is 24.4 Å². The molecule has 1 saturated carbocycles. The number of piperazine rings is 1. The van der Waals surface area contributed by atoms with Gasteiger partial charge in [-0.2, -0.15) is 0 Å². The molecule has 1 heterocycles. The molecule has 124 valence electrons. The molecule has 0 spiro atoms. The first-order valence-corrected chi connectivity index (χ1v) is 7.05. The molecular formula is C14H20Cl2FN3O2. The molecule has 8 heteroatoms. The van der Waals surface area contributed by atoms with Crippen LogP contribution in [-0.4, -0.2) is 36.0 Å². The molecule has 1 aromatic rings. The van der Waals surface area contributed by atoms with Crippen LogP contribution in [0.15, 0.2) is 18.2 Å². The summed E-state index contributed by atoms with van der Waals surface area (Å²) in [7, 11) is 0. The van der Waals surface area contributed by atoms with Gasteiger partial charge < -0.3 is 5.32 Å². The lowest BCUT2D eigenvalue weighted by molar-refractivity contribution is -0.386. The molecule has 1 aliphatic carbocycles. The molecule has 0 radical (unpaired) electrons. The first-order valence-electron chi connectivity index (χ1n) is 7.05. The Morgan fingerprint density at radius 1 is 1.27 bits per heavy atom. The molecule has 0 aromatic heterocycles. The SMILES string of the molecule is Cl.Cl.O=[N+]([O-])c1cc(F)ccc1[C@@H](C1CC1)N1CCNCC1. The van der Waals surface area contributed by atoms with Crippen molar-refractivity contribution in [2.45, 2.75) is 18.9 Å². The van der Waals surface area contributed by atoms with Crippen molar-refractivity contribution < 1.29 is 9.31 Å². The predicted octanol–water partition coefficient (Wildman–Crippen LogP) is 2.93. The van der Waals surface area contributed by atoms with Gasteiger partial charge in [0.2, 0.25) is 0 Å². The second kappa shape index (κ2) is 8.06. The molecule has 3 rings (SSSR count). The van der Waals surface area contributed by atoms with E-state index in [2.05, 4.69) is 10.2 Å². The van der Waals surface area contributed by atoms with Crippen molar-refractivity contribution >= 4 is 30.5 Å². The van der Waals surface area contributed by atoms with E-state index in [4.69, 9.17) is 0 Å². The van der Waals surface area contributed by atoms with E-state index in [1.165, 1.54) is 6.07 Å². The molecule has 5 nitrogen and oxygen atoms in total. The van der Waals surface area contributed by atoms with Gasteiger partial charge in [-0.1, -0.05) is 0 Å². The Bertz CT molecular complexity index is 523. The van der Waals surface area contributed by atoms with E-state index in [1.54, 1.807) is 6.07 Å². The lowest BCUT2D eigenvalue weighted by Crippen LogP contribution is -2.45. The minimum absolute atomic E-state index is 0. The Balaban J connectivity index is 0.00000121. The number of hydrogen-bond donors (Lipinski definition) is 1. The van der Waals surface area contributed by atoms with Gasteiger partial charge in [-0.25, -0.2) is 4.39 Å². The van der Waals surface area contributed by atoms with Crippen molar-refractivity contribution in [2.75, 3.05) is 26.2 Å². The largest absolute Gasteiger partial charge is 0.314 e. The fourth-order valence-electron chi connectivity index (χ4n) is 3.05. The summed E-state index contributed by atoms with van der Waals surface area (Å²) in [6, 6.07) is 4.03. The molecular weight excluding hydrogens is 332 g/mol. The normalized spacial score (nSPS) is 19.7. The molecule has 1 saturated heterocycles. The lowest BCUT2D eigenvalue weighted by atomic mass is 9.98. The highest BCUT2D eigenvalue weighted by Gasteiger charge is 2.39. The first-order chi connectivity index (χ1) is 9.66. The molecule has 22 heavy (non-hydrogen) atoms. The Morgan fingerprint density at radius 3 is 2.45 bits per heavy atom. The highest BCUT2D eigenvalue weighted by Crippen LogP contribution is 2.47. The lowest BCUT2D eigenvalue weighted by Gasteiger charge is -2.35. The topological polar surface area (TPSA) is 58.4 Å². The first kappa shape index (κ1) is 19.1. The third kappa shape index (κ3) is 4.07. The van der Waals surface area contributed by atoms with Crippen molar-refractivity contribution in [3.8, 4) is 0 Å². The van der Waals surface area contributed by atoms with Crippen molar-refractivity contribution in [2.24, 2.45) is 5.92 Å². The maximum absolute atomic E-state index is 13.3. The summed E-state index contributed by atoms with van der Waals surface area (Å²) in [4.78, 5) is 13.0. The maximum atomic E-state index is 13.3. The molecule has 1 atom stereocenters. The Hall–Kier alpha value is -0.950. The zero-order valence-electron chi connectivity index (χ0n) is 12.0. The Labute approximate surface area is 141 Å². The Kier molecular flexibility index (Phi) is 6.99. The fraction of sp³-hybridized carbons (Fsp3) is 0.571. The average molecular weight is 352 g/mol. The smallest absolute Gasteiger partial charge is 0.277 e. The predicted molar refractivity (Wildman–Crippen MR) is 87.5 cm³/mol. The van der Waals surface area contributed by atoms with Gasteiger partial charge in [-0.3, -0.25) is 15.0 Å². The van der Waals surface area contributed by atoms with Crippen LogP contribution < -0.4 is 5.32 Å². The van der Waals surface area contributed by atoms with Gasteiger partial charge in [0.1, 0.15) is 5.82 Å². The van der Waals surface area contributed by atoms with Gasteiger partial charge in [-0.15, -0.1) is 24.8 Å². The number of nitro groups is 1. The number of nitrogens with one attached hydrogen (secondary N) is 1. The zero-order valence-corrected chi connectivity index (χ0v) is 13.7. The van der Waals surface area contributed by atoms with Crippen LogP contribution in [0.2, 0.25) is 0 Å². The van der Waals surface area contributed by atoms with Crippen LogP contribution in [0.4, 0.5) is 10.1 Å². The third-order valence-corrected chi connectivity index (χ3v) is 4.12. The summed E-state index contributed by atoms with van der Waals surface area (Å²) in [5, 5.41) is 14.5. The molecule has 0 bridgehead atoms. The zero-order chi connectivity index (χ0) is 14.1. The van der Waals surface area contributed by atoms with Crippen LogP contribution in [0.25, 0.3) is 0 Å². The van der Waals surface area contributed by atoms with E-state index in [-0.39, 0.29) is 36.5 Å². The quantitative estimate of drug-likeness (QED) is 0.669. The number of hydrogen-bond acceptors (Lipinski definition) is 4. The standard InChI is InChI=1S/C14H18FN3O2.2ClH/c15-11-3-4-12(13(9-11)18(19)20)14(10-1-2-10)17-7-5-16-6-8-17;;/h3-4,9-10,14,16H,1-2,5-8H2;2*1H/t14-;;/m1../s1. The highest BCUT2D eigenvalue weighted by molar-refractivity contribution is 5.85. The van der Waals surface area contributed by atoms with Gasteiger partial charge in [0.05, 0.1) is 11.0 Å². The molecule has 0 unspecified atom stereocenters. The second-order valence-corrected chi connectivity index (χ2v) is 5.53. The molecule has 2 aliphatic rings. The molecule has 1 N–H and O–H groups in total. The van der Waals surface area contributed by atoms with Gasteiger partial charge in [0, 0.05) is 37.8 Å². The van der Waals surface area contributed by atoms with E-state index in [9.17, 15) is 14.5 Å². The van der Waals surface area contributed by atoms with E-state index in [0.29, 0.717) is 11.5 Å². The van der Waals surface area contributed by atoms with Crippen molar-refractivity contribution in [1.29, 1.82) is 0 Å². The summed E-state index contributed by atoms with van der Waals surface area (Å²) in [5.74, 6) is -0.0763. The van der Waals surface area contributed by atoms with E-state index >= 15 is 0 Å².